The molecule has 33 heavy (non-hydrogen) atoms. The molecule has 0 unspecified atom stereocenters. The maximum absolute atomic E-state index is 13.0. The average Bonchev–Trinajstić information content (AvgIpc) is 2.74. The fourth-order valence-corrected chi connectivity index (χ4v) is 3.83. The predicted octanol–water partition coefficient (Wildman–Crippen LogP) is 5.13. The Labute approximate surface area is 187 Å². The molecule has 2 N–H and O–H groups in total. The molecule has 3 rings (SSSR count). The number of rotatable bonds is 7. The van der Waals surface area contributed by atoms with Gasteiger partial charge in [-0.3, -0.25) is 9.52 Å². The standard InChI is InChI=1S/C22H18F4N2O4S/c1-14-2-11-19(33(30,31)28-17-5-3-15(23)4-6-17)12-20(14)21(29)27-16-7-9-18(10-8-16)32-13-22(24,25)26/h2-12,28H,13H2,1H3,(H,27,29). The second-order valence-electron chi connectivity index (χ2n) is 6.97. The van der Waals surface area contributed by atoms with Crippen LogP contribution in [-0.2, 0) is 10.0 Å². The van der Waals surface area contributed by atoms with Crippen molar-refractivity contribution < 1.29 is 35.5 Å². The van der Waals surface area contributed by atoms with Crippen molar-refractivity contribution in [2.75, 3.05) is 16.6 Å². The monoisotopic (exact) mass is 482 g/mol. The summed E-state index contributed by atoms with van der Waals surface area (Å²) in [4.78, 5) is 12.5. The molecule has 0 saturated carbocycles. The van der Waals surface area contributed by atoms with Crippen molar-refractivity contribution in [3.8, 4) is 5.75 Å². The molecule has 0 saturated heterocycles. The number of carbonyl (C=O) groups excluding carboxylic acids is 1. The summed E-state index contributed by atoms with van der Waals surface area (Å²) in [5.74, 6) is -1.16. The highest BCUT2D eigenvalue weighted by atomic mass is 32.2. The number of hydrogen-bond acceptors (Lipinski definition) is 4. The molecule has 3 aromatic carbocycles. The van der Waals surface area contributed by atoms with Gasteiger partial charge >= 0.3 is 6.18 Å². The predicted molar refractivity (Wildman–Crippen MR) is 114 cm³/mol. The Kier molecular flexibility index (Phi) is 6.92. The van der Waals surface area contributed by atoms with Crippen LogP contribution < -0.4 is 14.8 Å². The van der Waals surface area contributed by atoms with Crippen LogP contribution in [0.2, 0.25) is 0 Å². The van der Waals surface area contributed by atoms with Gasteiger partial charge in [0.05, 0.1) is 4.90 Å². The van der Waals surface area contributed by atoms with E-state index in [0.29, 0.717) is 5.56 Å². The second-order valence-corrected chi connectivity index (χ2v) is 8.65. The fourth-order valence-electron chi connectivity index (χ4n) is 2.74. The lowest BCUT2D eigenvalue weighted by molar-refractivity contribution is -0.153. The average molecular weight is 482 g/mol. The Bertz CT molecular complexity index is 1240. The molecule has 0 aromatic heterocycles. The number of aryl methyl sites for hydroxylation is 1. The number of benzene rings is 3. The van der Waals surface area contributed by atoms with Gasteiger partial charge in [-0.2, -0.15) is 13.2 Å². The minimum atomic E-state index is -4.47. The van der Waals surface area contributed by atoms with Crippen molar-refractivity contribution in [1.82, 2.24) is 0 Å². The third-order valence-corrected chi connectivity index (χ3v) is 5.75. The molecule has 0 aliphatic heterocycles. The van der Waals surface area contributed by atoms with Crippen LogP contribution in [-0.4, -0.2) is 27.1 Å². The maximum Gasteiger partial charge on any atom is 0.422 e. The van der Waals surface area contributed by atoms with E-state index in [0.717, 1.165) is 12.1 Å². The van der Waals surface area contributed by atoms with Crippen LogP contribution in [0, 0.1) is 12.7 Å². The van der Waals surface area contributed by atoms with Gasteiger partial charge in [0.2, 0.25) is 0 Å². The topological polar surface area (TPSA) is 84.5 Å². The fraction of sp³-hybridized carbons (Fsp3) is 0.136. The van der Waals surface area contributed by atoms with Crippen LogP contribution in [0.4, 0.5) is 28.9 Å². The number of halogens is 4. The lowest BCUT2D eigenvalue weighted by Gasteiger charge is -2.12. The molecule has 6 nitrogen and oxygen atoms in total. The van der Waals surface area contributed by atoms with Crippen LogP contribution in [0.5, 0.6) is 5.75 Å². The molecule has 0 atom stereocenters. The normalized spacial score (nSPS) is 11.7. The summed E-state index contributed by atoms with van der Waals surface area (Å²) >= 11 is 0. The molecule has 0 fully saturated rings. The van der Waals surface area contributed by atoms with Gasteiger partial charge in [-0.1, -0.05) is 6.07 Å². The summed E-state index contributed by atoms with van der Waals surface area (Å²) in [7, 11) is -4.06. The van der Waals surface area contributed by atoms with Crippen molar-refractivity contribution in [2.45, 2.75) is 18.0 Å². The number of amides is 1. The first-order valence-electron chi connectivity index (χ1n) is 9.43. The molecule has 0 heterocycles. The first-order valence-corrected chi connectivity index (χ1v) is 10.9. The highest BCUT2D eigenvalue weighted by molar-refractivity contribution is 7.92. The van der Waals surface area contributed by atoms with Crippen molar-refractivity contribution in [2.24, 2.45) is 0 Å². The summed E-state index contributed by atoms with van der Waals surface area (Å²) < 4.78 is 82.0. The first-order chi connectivity index (χ1) is 15.4. The molecule has 1 amide bonds. The Morgan fingerprint density at radius 3 is 2.15 bits per heavy atom. The highest BCUT2D eigenvalue weighted by Crippen LogP contribution is 2.23. The van der Waals surface area contributed by atoms with Gasteiger partial charge in [-0.05, 0) is 73.2 Å². The zero-order chi connectivity index (χ0) is 24.2. The molecular formula is C22H18F4N2O4S. The quantitative estimate of drug-likeness (QED) is 0.458. The summed E-state index contributed by atoms with van der Waals surface area (Å²) in [5.41, 5.74) is 1.00. The van der Waals surface area contributed by atoms with E-state index in [1.807, 2.05) is 0 Å². The van der Waals surface area contributed by atoms with E-state index in [-0.39, 0.29) is 27.6 Å². The summed E-state index contributed by atoms with van der Waals surface area (Å²) in [6.45, 7) is 0.178. The summed E-state index contributed by atoms with van der Waals surface area (Å²) in [6, 6.07) is 13.9. The van der Waals surface area contributed by atoms with E-state index in [2.05, 4.69) is 14.8 Å². The third kappa shape index (κ3) is 6.69. The molecule has 0 bridgehead atoms. The largest absolute Gasteiger partial charge is 0.484 e. The van der Waals surface area contributed by atoms with Crippen molar-refractivity contribution in [3.63, 3.8) is 0 Å². The van der Waals surface area contributed by atoms with Gasteiger partial charge in [0.15, 0.2) is 6.61 Å². The number of nitrogens with one attached hydrogen (secondary N) is 2. The van der Waals surface area contributed by atoms with E-state index >= 15 is 0 Å². The van der Waals surface area contributed by atoms with Crippen LogP contribution in [0.15, 0.2) is 71.6 Å². The lowest BCUT2D eigenvalue weighted by Crippen LogP contribution is -2.19. The summed E-state index contributed by atoms with van der Waals surface area (Å²) in [6.07, 6.45) is -4.47. The molecule has 0 aliphatic carbocycles. The van der Waals surface area contributed by atoms with Crippen LogP contribution >= 0.6 is 0 Å². The van der Waals surface area contributed by atoms with Crippen molar-refractivity contribution in [3.05, 3.63) is 83.7 Å². The Morgan fingerprint density at radius 2 is 1.55 bits per heavy atom. The van der Waals surface area contributed by atoms with E-state index in [1.165, 1.54) is 54.6 Å². The van der Waals surface area contributed by atoms with Gasteiger partial charge in [-0.25, -0.2) is 12.8 Å². The molecule has 0 spiro atoms. The summed E-state index contributed by atoms with van der Waals surface area (Å²) in [5, 5.41) is 2.56. The van der Waals surface area contributed by atoms with Crippen LogP contribution in [0.3, 0.4) is 0 Å². The van der Waals surface area contributed by atoms with E-state index in [4.69, 9.17) is 0 Å². The van der Waals surface area contributed by atoms with E-state index in [1.54, 1.807) is 6.92 Å². The van der Waals surface area contributed by atoms with Gasteiger partial charge in [-0.15, -0.1) is 0 Å². The minimum absolute atomic E-state index is 0.0264. The van der Waals surface area contributed by atoms with E-state index < -0.39 is 34.5 Å². The van der Waals surface area contributed by atoms with Gasteiger partial charge in [0.1, 0.15) is 11.6 Å². The van der Waals surface area contributed by atoms with Gasteiger partial charge in [0.25, 0.3) is 15.9 Å². The minimum Gasteiger partial charge on any atom is -0.484 e. The highest BCUT2D eigenvalue weighted by Gasteiger charge is 2.28. The van der Waals surface area contributed by atoms with E-state index in [9.17, 15) is 30.8 Å². The molecule has 0 radical (unpaired) electrons. The van der Waals surface area contributed by atoms with Gasteiger partial charge in [0, 0.05) is 16.9 Å². The number of sulfonamides is 1. The van der Waals surface area contributed by atoms with Gasteiger partial charge < -0.3 is 10.1 Å². The molecular weight excluding hydrogens is 464 g/mol. The zero-order valence-corrected chi connectivity index (χ0v) is 17.9. The SMILES string of the molecule is Cc1ccc(S(=O)(=O)Nc2ccc(F)cc2)cc1C(=O)Nc1ccc(OCC(F)(F)F)cc1. The van der Waals surface area contributed by atoms with Crippen LogP contribution in [0.1, 0.15) is 15.9 Å². The first kappa shape index (κ1) is 24.1. The number of ether oxygens (including phenoxy) is 1. The third-order valence-electron chi connectivity index (χ3n) is 4.38. The molecule has 11 heteroatoms. The molecule has 3 aromatic rings. The number of hydrogen-bond donors (Lipinski definition) is 2. The molecule has 174 valence electrons. The Hall–Kier alpha value is -3.60. The Balaban J connectivity index is 1.74. The van der Waals surface area contributed by atoms with Crippen molar-refractivity contribution >= 4 is 27.3 Å². The lowest BCUT2D eigenvalue weighted by atomic mass is 10.1. The maximum atomic E-state index is 13.0. The molecule has 0 aliphatic rings. The number of carbonyl (C=O) groups is 1. The van der Waals surface area contributed by atoms with Crippen molar-refractivity contribution in [1.29, 1.82) is 0 Å². The smallest absolute Gasteiger partial charge is 0.422 e. The zero-order valence-electron chi connectivity index (χ0n) is 17.1. The second kappa shape index (κ2) is 9.49. The number of alkyl halides is 3. The Morgan fingerprint density at radius 1 is 0.939 bits per heavy atom. The van der Waals surface area contributed by atoms with Crippen LogP contribution in [0.25, 0.3) is 0 Å². The number of anilines is 2.